The smallest absolute Gasteiger partial charge is 0.330 e. The predicted octanol–water partition coefficient (Wildman–Crippen LogP) is 5.51. The maximum atomic E-state index is 11.6. The minimum atomic E-state index is -0.814. The van der Waals surface area contributed by atoms with Gasteiger partial charge < -0.3 is 14.2 Å². The molecule has 4 heteroatoms. The third kappa shape index (κ3) is 4.38. The van der Waals surface area contributed by atoms with Gasteiger partial charge in [-0.25, -0.2) is 4.79 Å². The van der Waals surface area contributed by atoms with E-state index in [1.54, 1.807) is 0 Å². The SMILES string of the molecule is C=CC(=O)OCC(Oc1ccc2ccccc2c1)Oc1cccc2ccccc12. The summed E-state index contributed by atoms with van der Waals surface area (Å²) in [5.74, 6) is 0.755. The van der Waals surface area contributed by atoms with Crippen LogP contribution in [0.5, 0.6) is 11.5 Å². The standard InChI is InChI=1S/C25H20O4/c1-2-24(26)27-17-25(28-21-15-14-18-8-3-4-10-20(18)16-21)29-23-13-7-11-19-9-5-6-12-22(19)23/h2-16,25H,1,17H2. The summed E-state index contributed by atoms with van der Waals surface area (Å²) in [6.45, 7) is 3.36. The number of rotatable bonds is 7. The molecule has 4 nitrogen and oxygen atoms in total. The molecule has 0 spiro atoms. The molecule has 4 aromatic rings. The van der Waals surface area contributed by atoms with Crippen LogP contribution in [0, 0.1) is 0 Å². The number of hydrogen-bond acceptors (Lipinski definition) is 4. The number of carbonyl (C=O) groups excluding carboxylic acids is 1. The summed E-state index contributed by atoms with van der Waals surface area (Å²) in [6, 6.07) is 27.5. The quantitative estimate of drug-likeness (QED) is 0.240. The van der Waals surface area contributed by atoms with Crippen LogP contribution in [0.2, 0.25) is 0 Å². The van der Waals surface area contributed by atoms with E-state index in [1.165, 1.54) is 0 Å². The van der Waals surface area contributed by atoms with E-state index >= 15 is 0 Å². The predicted molar refractivity (Wildman–Crippen MR) is 114 cm³/mol. The van der Waals surface area contributed by atoms with Gasteiger partial charge in [0.2, 0.25) is 0 Å². The minimum absolute atomic E-state index is 0.0686. The lowest BCUT2D eigenvalue weighted by Gasteiger charge is -2.21. The molecule has 0 saturated carbocycles. The Morgan fingerprint density at radius 1 is 0.828 bits per heavy atom. The Labute approximate surface area is 168 Å². The zero-order valence-corrected chi connectivity index (χ0v) is 15.8. The summed E-state index contributed by atoms with van der Waals surface area (Å²) in [5.41, 5.74) is 0. The molecule has 0 heterocycles. The molecule has 0 amide bonds. The molecule has 144 valence electrons. The zero-order valence-electron chi connectivity index (χ0n) is 15.8. The molecule has 0 saturated heterocycles. The molecule has 29 heavy (non-hydrogen) atoms. The maximum absolute atomic E-state index is 11.6. The Morgan fingerprint density at radius 2 is 1.55 bits per heavy atom. The number of ether oxygens (including phenoxy) is 3. The van der Waals surface area contributed by atoms with E-state index in [1.807, 2.05) is 84.9 Å². The molecule has 1 atom stereocenters. The van der Waals surface area contributed by atoms with E-state index in [4.69, 9.17) is 14.2 Å². The summed E-state index contributed by atoms with van der Waals surface area (Å²) in [4.78, 5) is 11.6. The van der Waals surface area contributed by atoms with Gasteiger partial charge in [0.25, 0.3) is 6.29 Å². The minimum Gasteiger partial charge on any atom is -0.455 e. The van der Waals surface area contributed by atoms with Crippen LogP contribution < -0.4 is 9.47 Å². The first-order valence-electron chi connectivity index (χ1n) is 9.32. The van der Waals surface area contributed by atoms with E-state index in [9.17, 15) is 4.79 Å². The van der Waals surface area contributed by atoms with Crippen molar-refractivity contribution in [1.29, 1.82) is 0 Å². The van der Waals surface area contributed by atoms with Crippen molar-refractivity contribution < 1.29 is 19.0 Å². The number of hydrogen-bond donors (Lipinski definition) is 0. The lowest BCUT2D eigenvalue weighted by Crippen LogP contribution is -2.30. The topological polar surface area (TPSA) is 44.8 Å². The van der Waals surface area contributed by atoms with Crippen molar-refractivity contribution in [3.63, 3.8) is 0 Å². The first kappa shape index (κ1) is 18.6. The van der Waals surface area contributed by atoms with Crippen molar-refractivity contribution in [3.8, 4) is 11.5 Å². The third-order valence-corrected chi connectivity index (χ3v) is 4.52. The lowest BCUT2D eigenvalue weighted by atomic mass is 10.1. The Morgan fingerprint density at radius 3 is 2.38 bits per heavy atom. The summed E-state index contributed by atoms with van der Waals surface area (Å²) in [5, 5.41) is 4.18. The summed E-state index contributed by atoms with van der Waals surface area (Å²) in [7, 11) is 0. The molecule has 0 bridgehead atoms. The second-order valence-corrected chi connectivity index (χ2v) is 6.49. The molecule has 4 aromatic carbocycles. The van der Waals surface area contributed by atoms with Crippen molar-refractivity contribution in [1.82, 2.24) is 0 Å². The van der Waals surface area contributed by atoms with Crippen molar-refractivity contribution in [2.75, 3.05) is 6.61 Å². The number of fused-ring (bicyclic) bond motifs is 2. The molecule has 0 N–H and O–H groups in total. The van der Waals surface area contributed by atoms with Crippen LogP contribution in [0.4, 0.5) is 0 Å². The molecule has 1 unspecified atom stereocenters. The average molecular weight is 384 g/mol. The monoisotopic (exact) mass is 384 g/mol. The Kier molecular flexibility index (Phi) is 5.43. The first-order valence-corrected chi connectivity index (χ1v) is 9.32. The summed E-state index contributed by atoms with van der Waals surface area (Å²) in [6.07, 6.45) is 0.302. The highest BCUT2D eigenvalue weighted by molar-refractivity contribution is 5.88. The highest BCUT2D eigenvalue weighted by Gasteiger charge is 2.17. The summed E-state index contributed by atoms with van der Waals surface area (Å²) < 4.78 is 17.3. The fraction of sp³-hybridized carbons (Fsp3) is 0.0800. The molecular weight excluding hydrogens is 364 g/mol. The number of carbonyl (C=O) groups is 1. The van der Waals surface area contributed by atoms with E-state index in [0.717, 1.165) is 27.6 Å². The van der Waals surface area contributed by atoms with Gasteiger partial charge in [-0.05, 0) is 34.4 Å². The molecular formula is C25H20O4. The van der Waals surface area contributed by atoms with E-state index in [2.05, 4.69) is 6.58 Å². The Bertz CT molecular complexity index is 1160. The zero-order chi connectivity index (χ0) is 20.1. The van der Waals surface area contributed by atoms with Crippen LogP contribution in [-0.4, -0.2) is 18.9 Å². The van der Waals surface area contributed by atoms with Gasteiger partial charge in [-0.3, -0.25) is 0 Å². The maximum Gasteiger partial charge on any atom is 0.330 e. The second kappa shape index (κ2) is 8.48. The third-order valence-electron chi connectivity index (χ3n) is 4.52. The van der Waals surface area contributed by atoms with Crippen molar-refractivity contribution >= 4 is 27.5 Å². The van der Waals surface area contributed by atoms with Crippen molar-refractivity contribution in [2.45, 2.75) is 6.29 Å². The van der Waals surface area contributed by atoms with Gasteiger partial charge in [0.15, 0.2) is 6.61 Å². The lowest BCUT2D eigenvalue weighted by molar-refractivity contribution is -0.145. The number of esters is 1. The van der Waals surface area contributed by atoms with Crippen LogP contribution in [0.15, 0.2) is 97.6 Å². The molecule has 0 aliphatic rings. The molecule has 4 rings (SSSR count). The fourth-order valence-electron chi connectivity index (χ4n) is 3.13. The largest absolute Gasteiger partial charge is 0.455 e. The van der Waals surface area contributed by atoms with Crippen molar-refractivity contribution in [2.24, 2.45) is 0 Å². The van der Waals surface area contributed by atoms with E-state index < -0.39 is 12.3 Å². The van der Waals surface area contributed by atoms with Gasteiger partial charge in [0.05, 0.1) is 0 Å². The molecule has 0 fully saturated rings. The second-order valence-electron chi connectivity index (χ2n) is 6.49. The van der Waals surface area contributed by atoms with Gasteiger partial charge in [-0.15, -0.1) is 0 Å². The molecule has 0 aliphatic carbocycles. The van der Waals surface area contributed by atoms with Gasteiger partial charge in [0.1, 0.15) is 11.5 Å². The molecule has 0 radical (unpaired) electrons. The Hall–Kier alpha value is -3.79. The first-order chi connectivity index (χ1) is 14.2. The van der Waals surface area contributed by atoms with E-state index in [-0.39, 0.29) is 6.61 Å². The van der Waals surface area contributed by atoms with Crippen LogP contribution in [0.3, 0.4) is 0 Å². The average Bonchev–Trinajstić information content (AvgIpc) is 2.77. The van der Waals surface area contributed by atoms with Gasteiger partial charge in [0, 0.05) is 11.5 Å². The molecule has 0 aromatic heterocycles. The van der Waals surface area contributed by atoms with Crippen LogP contribution >= 0.6 is 0 Å². The highest BCUT2D eigenvalue weighted by Crippen LogP contribution is 2.27. The normalized spacial score (nSPS) is 11.7. The summed E-state index contributed by atoms with van der Waals surface area (Å²) >= 11 is 0. The highest BCUT2D eigenvalue weighted by atomic mass is 16.7. The van der Waals surface area contributed by atoms with Crippen LogP contribution in [-0.2, 0) is 9.53 Å². The van der Waals surface area contributed by atoms with Gasteiger partial charge >= 0.3 is 5.97 Å². The number of benzene rings is 4. The van der Waals surface area contributed by atoms with E-state index in [0.29, 0.717) is 11.5 Å². The van der Waals surface area contributed by atoms with Crippen LogP contribution in [0.25, 0.3) is 21.5 Å². The molecule has 0 aliphatic heterocycles. The van der Waals surface area contributed by atoms with Gasteiger partial charge in [-0.1, -0.05) is 73.3 Å². The van der Waals surface area contributed by atoms with Gasteiger partial charge in [-0.2, -0.15) is 0 Å². The van der Waals surface area contributed by atoms with Crippen LogP contribution in [0.1, 0.15) is 0 Å². The van der Waals surface area contributed by atoms with Crippen molar-refractivity contribution in [3.05, 3.63) is 97.6 Å². The fourth-order valence-corrected chi connectivity index (χ4v) is 3.13. The Balaban J connectivity index is 1.61.